The Morgan fingerprint density at radius 2 is 1.88 bits per heavy atom. The predicted octanol–water partition coefficient (Wildman–Crippen LogP) is 3.63. The third-order valence-electron chi connectivity index (χ3n) is 3.73. The lowest BCUT2D eigenvalue weighted by atomic mass is 10.2. The molecule has 0 fully saturated rings. The van der Waals surface area contributed by atoms with Crippen LogP contribution >= 0.6 is 15.9 Å². The minimum absolute atomic E-state index is 0.0486. The van der Waals surface area contributed by atoms with E-state index >= 15 is 0 Å². The van der Waals surface area contributed by atoms with Gasteiger partial charge in [-0.3, -0.25) is 9.63 Å². The molecule has 0 bridgehead atoms. The number of benzene rings is 2. The number of rotatable bonds is 5. The van der Waals surface area contributed by atoms with E-state index in [2.05, 4.69) is 21.2 Å². The van der Waals surface area contributed by atoms with Crippen molar-refractivity contribution in [1.82, 2.24) is 4.47 Å². The van der Waals surface area contributed by atoms with E-state index in [0.717, 1.165) is 14.3 Å². The second-order valence-electron chi connectivity index (χ2n) is 5.34. The molecule has 0 spiro atoms. The van der Waals surface area contributed by atoms with Crippen molar-refractivity contribution in [2.45, 2.75) is 4.90 Å². The third-order valence-corrected chi connectivity index (χ3v) is 6.04. The van der Waals surface area contributed by atoms with Crippen LogP contribution in [0.1, 0.15) is 10.6 Å². The number of amides is 1. The Morgan fingerprint density at radius 3 is 2.50 bits per heavy atom. The highest BCUT2D eigenvalue weighted by Gasteiger charge is 2.21. The molecule has 3 rings (SSSR count). The van der Waals surface area contributed by atoms with Gasteiger partial charge in [0.05, 0.1) is 16.5 Å². The van der Waals surface area contributed by atoms with Gasteiger partial charge in [0, 0.05) is 18.1 Å². The van der Waals surface area contributed by atoms with Gasteiger partial charge in [0.2, 0.25) is 0 Å². The van der Waals surface area contributed by atoms with Gasteiger partial charge in [-0.15, -0.1) is 0 Å². The van der Waals surface area contributed by atoms with Crippen LogP contribution in [-0.2, 0) is 14.9 Å². The average molecular weight is 439 g/mol. The smallest absolute Gasteiger partial charge is 0.291 e. The molecule has 0 saturated heterocycles. The first-order valence-electron chi connectivity index (χ1n) is 7.45. The summed E-state index contributed by atoms with van der Waals surface area (Å²) < 4.78 is 31.4. The zero-order valence-corrected chi connectivity index (χ0v) is 16.3. The van der Waals surface area contributed by atoms with Gasteiger partial charge in [-0.05, 0) is 52.3 Å². The van der Waals surface area contributed by atoms with Gasteiger partial charge < -0.3 is 9.73 Å². The fourth-order valence-electron chi connectivity index (χ4n) is 2.29. The molecule has 0 atom stereocenters. The number of hydrogen-bond donors (Lipinski definition) is 1. The molecule has 136 valence electrons. The zero-order valence-electron chi connectivity index (χ0n) is 13.9. The number of nitrogens with one attached hydrogen (secondary N) is 1. The topological polar surface area (TPSA) is 88.9 Å². The Kier molecular flexibility index (Phi) is 5.15. The van der Waals surface area contributed by atoms with E-state index in [-0.39, 0.29) is 10.7 Å². The number of carbonyl (C=O) groups excluding carboxylic acids is 1. The van der Waals surface area contributed by atoms with Crippen LogP contribution < -0.4 is 5.32 Å². The van der Waals surface area contributed by atoms with E-state index in [9.17, 15) is 13.2 Å². The van der Waals surface area contributed by atoms with E-state index < -0.39 is 15.9 Å². The molecule has 1 heterocycles. The predicted molar refractivity (Wildman–Crippen MR) is 100 cm³/mol. The lowest BCUT2D eigenvalue weighted by Crippen LogP contribution is -2.25. The summed E-state index contributed by atoms with van der Waals surface area (Å²) in [6, 6.07) is 12.9. The number of para-hydroxylation sites is 1. The first-order valence-corrected chi connectivity index (χ1v) is 9.69. The quantitative estimate of drug-likeness (QED) is 0.614. The lowest BCUT2D eigenvalue weighted by molar-refractivity contribution is -0.0258. The second kappa shape index (κ2) is 7.20. The van der Waals surface area contributed by atoms with Crippen LogP contribution in [-0.4, -0.2) is 33.0 Å². The normalized spacial score (nSPS) is 11.8. The van der Waals surface area contributed by atoms with Crippen molar-refractivity contribution in [3.8, 4) is 0 Å². The van der Waals surface area contributed by atoms with E-state index in [1.54, 1.807) is 6.07 Å². The summed E-state index contributed by atoms with van der Waals surface area (Å²) in [4.78, 5) is 17.1. The van der Waals surface area contributed by atoms with E-state index in [1.165, 1.54) is 38.4 Å². The van der Waals surface area contributed by atoms with Gasteiger partial charge in [0.25, 0.3) is 15.9 Å². The number of carbonyl (C=O) groups is 1. The van der Waals surface area contributed by atoms with Gasteiger partial charge in [-0.2, -0.15) is 0 Å². The van der Waals surface area contributed by atoms with Gasteiger partial charge >= 0.3 is 0 Å². The first kappa shape index (κ1) is 18.6. The number of hydrogen-bond acceptors (Lipinski definition) is 5. The van der Waals surface area contributed by atoms with E-state index in [1.807, 2.05) is 18.2 Å². The molecule has 0 unspecified atom stereocenters. The number of nitrogens with zero attached hydrogens (tertiary/aromatic N) is 1. The molecule has 7 nitrogen and oxygen atoms in total. The van der Waals surface area contributed by atoms with Crippen molar-refractivity contribution < 1.29 is 22.5 Å². The second-order valence-corrected chi connectivity index (χ2v) is 8.13. The van der Waals surface area contributed by atoms with Crippen LogP contribution in [0.4, 0.5) is 5.69 Å². The third kappa shape index (κ3) is 3.51. The molecular formula is C17H15BrN2O5S. The van der Waals surface area contributed by atoms with Gasteiger partial charge in [0.15, 0.2) is 5.76 Å². The van der Waals surface area contributed by atoms with Crippen molar-refractivity contribution in [2.75, 3.05) is 19.5 Å². The molecule has 26 heavy (non-hydrogen) atoms. The molecule has 0 aliphatic rings. The molecule has 3 aromatic rings. The van der Waals surface area contributed by atoms with Crippen LogP contribution in [0.25, 0.3) is 11.0 Å². The number of fused-ring (bicyclic) bond motifs is 1. The molecule has 2 aromatic carbocycles. The largest absolute Gasteiger partial charge is 0.450 e. The number of anilines is 1. The average Bonchev–Trinajstić information content (AvgIpc) is 3.07. The first-order chi connectivity index (χ1) is 12.3. The highest BCUT2D eigenvalue weighted by atomic mass is 79.9. The molecule has 0 aliphatic carbocycles. The van der Waals surface area contributed by atoms with Crippen LogP contribution in [0, 0.1) is 0 Å². The molecular weight excluding hydrogens is 424 g/mol. The Morgan fingerprint density at radius 1 is 1.19 bits per heavy atom. The van der Waals surface area contributed by atoms with Crippen molar-refractivity contribution in [1.29, 1.82) is 0 Å². The van der Waals surface area contributed by atoms with Crippen molar-refractivity contribution in [3.63, 3.8) is 0 Å². The number of furan rings is 1. The molecule has 1 amide bonds. The number of sulfonamides is 1. The Balaban J connectivity index is 1.80. The SMILES string of the molecule is CON(C)S(=O)(=O)c1ccc(NC(=O)c2cc3cccc(Br)c3o2)cc1. The van der Waals surface area contributed by atoms with Crippen molar-refractivity contribution in [3.05, 3.63) is 58.8 Å². The summed E-state index contributed by atoms with van der Waals surface area (Å²) in [6.45, 7) is 0. The Hall–Kier alpha value is -2.20. The maximum absolute atomic E-state index is 12.4. The van der Waals surface area contributed by atoms with Crippen LogP contribution in [0.3, 0.4) is 0 Å². The summed E-state index contributed by atoms with van der Waals surface area (Å²) in [5.41, 5.74) is 1.02. The summed E-state index contributed by atoms with van der Waals surface area (Å²) in [7, 11) is -1.18. The fraction of sp³-hybridized carbons (Fsp3) is 0.118. The molecule has 9 heteroatoms. The van der Waals surface area contributed by atoms with Gasteiger partial charge in [-0.25, -0.2) is 8.42 Å². The summed E-state index contributed by atoms with van der Waals surface area (Å²) in [5, 5.41) is 3.47. The highest BCUT2D eigenvalue weighted by molar-refractivity contribution is 9.10. The molecule has 1 N–H and O–H groups in total. The summed E-state index contributed by atoms with van der Waals surface area (Å²) >= 11 is 3.37. The standard InChI is InChI=1S/C17H15BrN2O5S/c1-20(24-2)26(22,23)13-8-6-12(7-9-13)19-17(21)15-10-11-4-3-5-14(18)16(11)25-15/h3-10H,1-2H3,(H,19,21). The number of hydroxylamine groups is 1. The maximum atomic E-state index is 12.4. The van der Waals surface area contributed by atoms with Crippen molar-refractivity contribution >= 4 is 48.5 Å². The monoisotopic (exact) mass is 438 g/mol. The summed E-state index contributed by atoms with van der Waals surface area (Å²) in [5.74, 6) is -0.277. The van der Waals surface area contributed by atoms with Crippen LogP contribution in [0.15, 0.2) is 62.3 Å². The van der Waals surface area contributed by atoms with Crippen LogP contribution in [0.2, 0.25) is 0 Å². The Labute approximate surface area is 158 Å². The zero-order chi connectivity index (χ0) is 18.9. The van der Waals surface area contributed by atoms with E-state index in [0.29, 0.717) is 11.3 Å². The molecule has 1 aromatic heterocycles. The number of halogens is 1. The minimum atomic E-state index is -3.73. The van der Waals surface area contributed by atoms with Gasteiger partial charge in [-0.1, -0.05) is 16.6 Å². The minimum Gasteiger partial charge on any atom is -0.450 e. The lowest BCUT2D eigenvalue weighted by Gasteiger charge is -2.14. The van der Waals surface area contributed by atoms with E-state index in [4.69, 9.17) is 9.25 Å². The summed E-state index contributed by atoms with van der Waals surface area (Å²) in [6.07, 6.45) is 0. The highest BCUT2D eigenvalue weighted by Crippen LogP contribution is 2.27. The van der Waals surface area contributed by atoms with Crippen LogP contribution in [0.5, 0.6) is 0 Å². The Bertz CT molecular complexity index is 1060. The molecule has 0 saturated carbocycles. The fourth-order valence-corrected chi connectivity index (χ4v) is 3.72. The molecule has 0 radical (unpaired) electrons. The van der Waals surface area contributed by atoms with Crippen molar-refractivity contribution in [2.24, 2.45) is 0 Å². The maximum Gasteiger partial charge on any atom is 0.291 e. The van der Waals surface area contributed by atoms with Gasteiger partial charge in [0.1, 0.15) is 5.58 Å². The molecule has 0 aliphatic heterocycles.